The highest BCUT2D eigenvalue weighted by atomic mass is 16.5. The fourth-order valence-electron chi connectivity index (χ4n) is 2.16. The molecule has 0 N–H and O–H groups in total. The van der Waals surface area contributed by atoms with E-state index in [2.05, 4.69) is 18.1 Å². The van der Waals surface area contributed by atoms with Crippen LogP contribution in [0.1, 0.15) is 13.3 Å². The van der Waals surface area contributed by atoms with Gasteiger partial charge in [-0.2, -0.15) is 0 Å². The van der Waals surface area contributed by atoms with E-state index in [0.29, 0.717) is 26.1 Å². The van der Waals surface area contributed by atoms with Crippen LogP contribution in [-0.4, -0.2) is 42.4 Å². The maximum absolute atomic E-state index is 11.8. The molecule has 4 heteroatoms. The number of esters is 1. The Bertz CT molecular complexity index is 377. The molecule has 104 valence electrons. The Morgan fingerprint density at radius 1 is 1.47 bits per heavy atom. The Labute approximate surface area is 114 Å². The molecule has 2 atom stereocenters. The molecule has 0 amide bonds. The zero-order valence-electron chi connectivity index (χ0n) is 11.4. The van der Waals surface area contributed by atoms with Crippen LogP contribution in [0.25, 0.3) is 0 Å². The molecule has 2 unspecified atom stereocenters. The molecule has 0 aromatic heterocycles. The number of allylic oxidation sites excluding steroid dienone is 1. The summed E-state index contributed by atoms with van der Waals surface area (Å²) in [4.78, 5) is 25.6. The summed E-state index contributed by atoms with van der Waals surface area (Å²) in [6.07, 6.45) is 7.37. The fourth-order valence-corrected chi connectivity index (χ4v) is 2.16. The van der Waals surface area contributed by atoms with Gasteiger partial charge in [0.25, 0.3) is 0 Å². The van der Waals surface area contributed by atoms with Gasteiger partial charge in [-0.1, -0.05) is 18.2 Å². The Morgan fingerprint density at radius 3 is 2.63 bits per heavy atom. The predicted molar refractivity (Wildman–Crippen MR) is 74.6 cm³/mol. The van der Waals surface area contributed by atoms with Crippen molar-refractivity contribution in [2.75, 3.05) is 19.7 Å². The van der Waals surface area contributed by atoms with Crippen LogP contribution in [0.3, 0.4) is 0 Å². The predicted octanol–water partition coefficient (Wildman–Crippen LogP) is 1.74. The first-order chi connectivity index (χ1) is 9.13. The van der Waals surface area contributed by atoms with E-state index in [1.54, 1.807) is 19.1 Å². The lowest BCUT2D eigenvalue weighted by Crippen LogP contribution is -2.41. The zero-order valence-corrected chi connectivity index (χ0v) is 11.4. The van der Waals surface area contributed by atoms with Crippen LogP contribution in [0.5, 0.6) is 0 Å². The summed E-state index contributed by atoms with van der Waals surface area (Å²) in [5, 5.41) is 0. The average molecular weight is 263 g/mol. The molecular formula is C15H21NO3. The van der Waals surface area contributed by atoms with Gasteiger partial charge in [-0.15, -0.1) is 13.2 Å². The minimum Gasteiger partial charge on any atom is -0.465 e. The first-order valence-electron chi connectivity index (χ1n) is 6.48. The number of nitrogens with zero attached hydrogens (tertiary/aromatic N) is 1. The standard InChI is InChI=1S/C15H21NO3/c1-4-9-16(10-5-2)12-7-8-14(17)13(11-12)15(18)19-6-3/h4-5,7-8,12-13H,1-2,6,9-11H2,3H3. The topological polar surface area (TPSA) is 46.6 Å². The van der Waals surface area contributed by atoms with Crippen molar-refractivity contribution in [1.29, 1.82) is 0 Å². The molecule has 19 heavy (non-hydrogen) atoms. The molecule has 0 heterocycles. The highest BCUT2D eigenvalue weighted by Gasteiger charge is 2.33. The quantitative estimate of drug-likeness (QED) is 0.399. The van der Waals surface area contributed by atoms with Crippen molar-refractivity contribution in [2.45, 2.75) is 19.4 Å². The first-order valence-corrected chi connectivity index (χ1v) is 6.48. The summed E-state index contributed by atoms with van der Waals surface area (Å²) >= 11 is 0. The number of hydrogen-bond donors (Lipinski definition) is 0. The van der Waals surface area contributed by atoms with Crippen LogP contribution in [0, 0.1) is 5.92 Å². The second kappa shape index (κ2) is 7.69. The van der Waals surface area contributed by atoms with Crippen LogP contribution in [0.2, 0.25) is 0 Å². The van der Waals surface area contributed by atoms with Gasteiger partial charge in [0.15, 0.2) is 5.78 Å². The molecule has 0 saturated carbocycles. The third-order valence-electron chi connectivity index (χ3n) is 3.07. The van der Waals surface area contributed by atoms with E-state index < -0.39 is 11.9 Å². The third-order valence-corrected chi connectivity index (χ3v) is 3.07. The summed E-state index contributed by atoms with van der Waals surface area (Å²) in [5.74, 6) is -1.29. The van der Waals surface area contributed by atoms with Crippen LogP contribution in [0.4, 0.5) is 0 Å². The van der Waals surface area contributed by atoms with Gasteiger partial charge >= 0.3 is 5.97 Å². The highest BCUT2D eigenvalue weighted by Crippen LogP contribution is 2.21. The van der Waals surface area contributed by atoms with E-state index in [9.17, 15) is 9.59 Å². The van der Waals surface area contributed by atoms with Crippen LogP contribution in [-0.2, 0) is 14.3 Å². The molecule has 0 radical (unpaired) electrons. The molecule has 0 fully saturated rings. The lowest BCUT2D eigenvalue weighted by Gasteiger charge is -2.31. The Hall–Kier alpha value is -1.68. The number of carbonyl (C=O) groups is 2. The van der Waals surface area contributed by atoms with Gasteiger partial charge in [0.05, 0.1) is 6.61 Å². The average Bonchev–Trinajstić information content (AvgIpc) is 2.39. The van der Waals surface area contributed by atoms with Gasteiger partial charge in [-0.3, -0.25) is 14.5 Å². The molecule has 0 aromatic rings. The smallest absolute Gasteiger partial charge is 0.316 e. The molecule has 4 nitrogen and oxygen atoms in total. The summed E-state index contributed by atoms with van der Waals surface area (Å²) in [5.41, 5.74) is 0. The normalized spacial score (nSPS) is 22.3. The van der Waals surface area contributed by atoms with E-state index in [0.717, 1.165) is 0 Å². The first kappa shape index (κ1) is 15.4. The molecule has 0 bridgehead atoms. The SMILES string of the molecule is C=CCN(CC=C)C1C=CC(=O)C(C(=O)OCC)C1. The van der Waals surface area contributed by atoms with Gasteiger partial charge < -0.3 is 4.74 Å². The Morgan fingerprint density at radius 2 is 2.11 bits per heavy atom. The van der Waals surface area contributed by atoms with Crippen molar-refractivity contribution < 1.29 is 14.3 Å². The van der Waals surface area contributed by atoms with Gasteiger partial charge in [0.2, 0.25) is 0 Å². The van der Waals surface area contributed by atoms with Crippen LogP contribution >= 0.6 is 0 Å². The molecule has 1 aliphatic carbocycles. The summed E-state index contributed by atoms with van der Waals surface area (Å²) in [6, 6.07) is 0.0307. The number of ketones is 1. The minimum atomic E-state index is -0.688. The van der Waals surface area contributed by atoms with Crippen molar-refractivity contribution in [3.63, 3.8) is 0 Å². The highest BCUT2D eigenvalue weighted by molar-refractivity contribution is 6.05. The van der Waals surface area contributed by atoms with E-state index in [1.807, 2.05) is 6.08 Å². The van der Waals surface area contributed by atoms with Gasteiger partial charge in [-0.05, 0) is 19.4 Å². The maximum Gasteiger partial charge on any atom is 0.316 e. The number of rotatable bonds is 7. The van der Waals surface area contributed by atoms with Crippen molar-refractivity contribution in [3.05, 3.63) is 37.5 Å². The summed E-state index contributed by atoms with van der Waals surface area (Å²) in [7, 11) is 0. The zero-order chi connectivity index (χ0) is 14.3. The largest absolute Gasteiger partial charge is 0.465 e. The maximum atomic E-state index is 11.8. The lowest BCUT2D eigenvalue weighted by molar-refractivity contribution is -0.151. The summed E-state index contributed by atoms with van der Waals surface area (Å²) in [6.45, 7) is 10.8. The van der Waals surface area contributed by atoms with Crippen molar-refractivity contribution in [1.82, 2.24) is 4.90 Å². The Balaban J connectivity index is 2.79. The molecule has 0 spiro atoms. The lowest BCUT2D eigenvalue weighted by atomic mass is 9.89. The third kappa shape index (κ3) is 4.17. The van der Waals surface area contributed by atoms with Gasteiger partial charge in [0.1, 0.15) is 5.92 Å². The molecule has 0 saturated heterocycles. The van der Waals surface area contributed by atoms with Crippen molar-refractivity contribution >= 4 is 11.8 Å². The molecule has 1 rings (SSSR count). The van der Waals surface area contributed by atoms with Crippen molar-refractivity contribution in [2.24, 2.45) is 5.92 Å². The van der Waals surface area contributed by atoms with E-state index in [4.69, 9.17) is 4.74 Å². The van der Waals surface area contributed by atoms with Crippen molar-refractivity contribution in [3.8, 4) is 0 Å². The van der Waals surface area contributed by atoms with E-state index in [-0.39, 0.29) is 11.8 Å². The number of hydrogen-bond acceptors (Lipinski definition) is 4. The fraction of sp³-hybridized carbons (Fsp3) is 0.467. The molecule has 1 aliphatic rings. The minimum absolute atomic E-state index is 0.0307. The van der Waals surface area contributed by atoms with Gasteiger partial charge in [0, 0.05) is 19.1 Å². The number of ether oxygens (including phenoxy) is 1. The van der Waals surface area contributed by atoms with Crippen LogP contribution < -0.4 is 0 Å². The second-order valence-corrected chi connectivity index (χ2v) is 4.40. The monoisotopic (exact) mass is 263 g/mol. The van der Waals surface area contributed by atoms with Gasteiger partial charge in [-0.25, -0.2) is 0 Å². The van der Waals surface area contributed by atoms with E-state index in [1.165, 1.54) is 6.08 Å². The summed E-state index contributed by atoms with van der Waals surface area (Å²) < 4.78 is 4.95. The van der Waals surface area contributed by atoms with Crippen LogP contribution in [0.15, 0.2) is 37.5 Å². The molecule has 0 aromatic carbocycles. The molecular weight excluding hydrogens is 242 g/mol. The van der Waals surface area contributed by atoms with E-state index >= 15 is 0 Å². The molecule has 0 aliphatic heterocycles. The number of carbonyl (C=O) groups excluding carboxylic acids is 2. The second-order valence-electron chi connectivity index (χ2n) is 4.40. The Kier molecular flexibility index (Phi) is 6.22.